The SMILES string of the molecule is CCC1COCCN1C(CN)c1c(C)cc(C)cc1C. The molecule has 20 heavy (non-hydrogen) atoms. The number of hydrogen-bond acceptors (Lipinski definition) is 3. The Balaban J connectivity index is 2.36. The van der Waals surface area contributed by atoms with Crippen molar-refractivity contribution in [2.75, 3.05) is 26.3 Å². The van der Waals surface area contributed by atoms with E-state index in [0.717, 1.165) is 26.2 Å². The highest BCUT2D eigenvalue weighted by atomic mass is 16.5. The second-order valence-electron chi connectivity index (χ2n) is 5.94. The van der Waals surface area contributed by atoms with Crippen molar-refractivity contribution in [2.45, 2.75) is 46.2 Å². The van der Waals surface area contributed by atoms with Gasteiger partial charge in [0.1, 0.15) is 0 Å². The summed E-state index contributed by atoms with van der Waals surface area (Å²) in [6.45, 7) is 12.1. The van der Waals surface area contributed by atoms with Gasteiger partial charge in [-0.15, -0.1) is 0 Å². The van der Waals surface area contributed by atoms with Crippen LogP contribution in [0.2, 0.25) is 0 Å². The number of hydrogen-bond donors (Lipinski definition) is 1. The molecule has 0 spiro atoms. The van der Waals surface area contributed by atoms with Crippen molar-refractivity contribution in [2.24, 2.45) is 5.73 Å². The number of rotatable bonds is 4. The van der Waals surface area contributed by atoms with Crippen molar-refractivity contribution in [3.05, 3.63) is 34.4 Å². The van der Waals surface area contributed by atoms with E-state index in [0.29, 0.717) is 18.6 Å². The Morgan fingerprint density at radius 3 is 2.50 bits per heavy atom. The summed E-state index contributed by atoms with van der Waals surface area (Å²) < 4.78 is 5.63. The third-order valence-electron chi connectivity index (χ3n) is 4.44. The Kier molecular flexibility index (Phi) is 5.19. The van der Waals surface area contributed by atoms with E-state index in [1.165, 1.54) is 22.3 Å². The first-order chi connectivity index (χ1) is 9.58. The molecule has 0 amide bonds. The Hall–Kier alpha value is -0.900. The fourth-order valence-corrected chi connectivity index (χ4v) is 3.57. The normalized spacial score (nSPS) is 21.9. The lowest BCUT2D eigenvalue weighted by molar-refractivity contribution is -0.0293. The lowest BCUT2D eigenvalue weighted by Crippen LogP contribution is -2.49. The first-order valence-electron chi connectivity index (χ1n) is 7.69. The smallest absolute Gasteiger partial charge is 0.0622 e. The minimum Gasteiger partial charge on any atom is -0.378 e. The minimum atomic E-state index is 0.310. The van der Waals surface area contributed by atoms with Crippen LogP contribution in [0.25, 0.3) is 0 Å². The molecule has 1 aromatic carbocycles. The molecule has 2 rings (SSSR count). The van der Waals surface area contributed by atoms with Crippen LogP contribution in [0.3, 0.4) is 0 Å². The molecule has 0 saturated carbocycles. The highest BCUT2D eigenvalue weighted by Gasteiger charge is 2.30. The fourth-order valence-electron chi connectivity index (χ4n) is 3.57. The molecule has 0 aliphatic carbocycles. The molecule has 1 aliphatic rings. The maximum Gasteiger partial charge on any atom is 0.0622 e. The topological polar surface area (TPSA) is 38.5 Å². The van der Waals surface area contributed by atoms with Gasteiger partial charge in [0, 0.05) is 25.2 Å². The van der Waals surface area contributed by atoms with Crippen molar-refractivity contribution in [1.29, 1.82) is 0 Å². The van der Waals surface area contributed by atoms with Crippen molar-refractivity contribution >= 4 is 0 Å². The summed E-state index contributed by atoms with van der Waals surface area (Å²) in [6, 6.07) is 5.33. The molecule has 0 aromatic heterocycles. The Bertz CT molecular complexity index is 435. The molecule has 1 heterocycles. The molecular weight excluding hydrogens is 248 g/mol. The number of benzene rings is 1. The van der Waals surface area contributed by atoms with Gasteiger partial charge in [0.2, 0.25) is 0 Å². The summed E-state index contributed by atoms with van der Waals surface area (Å²) in [5, 5.41) is 0. The zero-order chi connectivity index (χ0) is 14.7. The summed E-state index contributed by atoms with van der Waals surface area (Å²) in [6.07, 6.45) is 1.11. The van der Waals surface area contributed by atoms with Gasteiger partial charge >= 0.3 is 0 Å². The zero-order valence-electron chi connectivity index (χ0n) is 13.3. The van der Waals surface area contributed by atoms with Crippen LogP contribution in [0, 0.1) is 20.8 Å². The molecule has 3 nitrogen and oxygen atoms in total. The largest absolute Gasteiger partial charge is 0.378 e. The van der Waals surface area contributed by atoms with Gasteiger partial charge in [-0.1, -0.05) is 24.6 Å². The lowest BCUT2D eigenvalue weighted by atomic mass is 9.92. The molecular formula is C17H28N2O. The van der Waals surface area contributed by atoms with E-state index >= 15 is 0 Å². The third-order valence-corrected chi connectivity index (χ3v) is 4.44. The molecule has 0 bridgehead atoms. The van der Waals surface area contributed by atoms with Crippen molar-refractivity contribution in [3.8, 4) is 0 Å². The van der Waals surface area contributed by atoms with Crippen LogP contribution < -0.4 is 5.73 Å². The maximum absolute atomic E-state index is 6.15. The highest BCUT2D eigenvalue weighted by Crippen LogP contribution is 2.30. The second-order valence-corrected chi connectivity index (χ2v) is 5.94. The van der Waals surface area contributed by atoms with E-state index in [2.05, 4.69) is 44.7 Å². The van der Waals surface area contributed by atoms with E-state index < -0.39 is 0 Å². The lowest BCUT2D eigenvalue weighted by Gasteiger charge is -2.41. The minimum absolute atomic E-state index is 0.310. The summed E-state index contributed by atoms with van der Waals surface area (Å²) in [7, 11) is 0. The number of nitrogens with two attached hydrogens (primary N) is 1. The molecule has 1 saturated heterocycles. The van der Waals surface area contributed by atoms with Gasteiger partial charge < -0.3 is 10.5 Å². The van der Waals surface area contributed by atoms with E-state index in [1.807, 2.05) is 0 Å². The Morgan fingerprint density at radius 1 is 1.30 bits per heavy atom. The summed E-state index contributed by atoms with van der Waals surface area (Å²) in [5.74, 6) is 0. The first kappa shape index (κ1) is 15.5. The van der Waals surface area contributed by atoms with Crippen LogP contribution in [0.4, 0.5) is 0 Å². The first-order valence-corrected chi connectivity index (χ1v) is 7.69. The predicted molar refractivity (Wildman–Crippen MR) is 84.1 cm³/mol. The van der Waals surface area contributed by atoms with Crippen LogP contribution in [0.15, 0.2) is 12.1 Å². The maximum atomic E-state index is 6.15. The van der Waals surface area contributed by atoms with Crippen LogP contribution >= 0.6 is 0 Å². The number of aryl methyl sites for hydroxylation is 3. The van der Waals surface area contributed by atoms with Gasteiger partial charge in [-0.25, -0.2) is 0 Å². The second kappa shape index (κ2) is 6.70. The van der Waals surface area contributed by atoms with Crippen molar-refractivity contribution in [1.82, 2.24) is 4.90 Å². The van der Waals surface area contributed by atoms with Gasteiger partial charge in [0.15, 0.2) is 0 Å². The predicted octanol–water partition coefficient (Wildman–Crippen LogP) is 2.72. The summed E-state index contributed by atoms with van der Waals surface area (Å²) in [5.41, 5.74) is 11.6. The van der Waals surface area contributed by atoms with Crippen LogP contribution in [-0.2, 0) is 4.74 Å². The van der Waals surface area contributed by atoms with Gasteiger partial charge in [-0.3, -0.25) is 4.90 Å². The molecule has 1 aliphatic heterocycles. The van der Waals surface area contributed by atoms with Crippen LogP contribution in [-0.4, -0.2) is 37.2 Å². The number of morpholine rings is 1. The fraction of sp³-hybridized carbons (Fsp3) is 0.647. The van der Waals surface area contributed by atoms with Crippen LogP contribution in [0.5, 0.6) is 0 Å². The standard InChI is InChI=1S/C17H28N2O/c1-5-15-11-20-7-6-19(15)16(10-18)17-13(3)8-12(2)9-14(17)4/h8-9,15-16H,5-7,10-11,18H2,1-4H3. The van der Waals surface area contributed by atoms with Gasteiger partial charge in [0.25, 0.3) is 0 Å². The molecule has 1 fully saturated rings. The van der Waals surface area contributed by atoms with E-state index in [1.54, 1.807) is 0 Å². The average molecular weight is 276 g/mol. The number of nitrogens with zero attached hydrogens (tertiary/aromatic N) is 1. The van der Waals surface area contributed by atoms with Gasteiger partial charge in [0.05, 0.1) is 13.2 Å². The van der Waals surface area contributed by atoms with Crippen molar-refractivity contribution in [3.63, 3.8) is 0 Å². The van der Waals surface area contributed by atoms with E-state index in [9.17, 15) is 0 Å². The molecule has 0 radical (unpaired) electrons. The summed E-state index contributed by atoms with van der Waals surface area (Å²) >= 11 is 0. The molecule has 3 heteroatoms. The average Bonchev–Trinajstić information content (AvgIpc) is 2.42. The molecule has 2 N–H and O–H groups in total. The molecule has 2 atom stereocenters. The van der Waals surface area contributed by atoms with Crippen molar-refractivity contribution < 1.29 is 4.74 Å². The molecule has 112 valence electrons. The van der Waals surface area contributed by atoms with Crippen LogP contribution in [0.1, 0.15) is 41.6 Å². The molecule has 1 aromatic rings. The van der Waals surface area contributed by atoms with Gasteiger partial charge in [-0.2, -0.15) is 0 Å². The van der Waals surface area contributed by atoms with Gasteiger partial charge in [-0.05, 0) is 43.9 Å². The van der Waals surface area contributed by atoms with E-state index in [4.69, 9.17) is 10.5 Å². The third kappa shape index (κ3) is 3.05. The van der Waals surface area contributed by atoms with E-state index in [-0.39, 0.29) is 0 Å². The zero-order valence-corrected chi connectivity index (χ0v) is 13.3. The summed E-state index contributed by atoms with van der Waals surface area (Å²) in [4.78, 5) is 2.55. The Labute approximate surface area is 123 Å². The Morgan fingerprint density at radius 2 is 1.95 bits per heavy atom. The quantitative estimate of drug-likeness (QED) is 0.919. The monoisotopic (exact) mass is 276 g/mol. The molecule has 2 unspecified atom stereocenters. The number of ether oxygens (including phenoxy) is 1. The highest BCUT2D eigenvalue weighted by molar-refractivity contribution is 5.40.